The Balaban J connectivity index is 2.29. The molecular formula is C12H18N2O2S. The van der Waals surface area contributed by atoms with Crippen LogP contribution in [-0.4, -0.2) is 26.8 Å². The molecule has 0 bridgehead atoms. The average molecular weight is 254 g/mol. The molecule has 1 aliphatic carbocycles. The summed E-state index contributed by atoms with van der Waals surface area (Å²) in [6, 6.07) is 7.90. The molecule has 1 aromatic rings. The van der Waals surface area contributed by atoms with Crippen LogP contribution in [-0.2, 0) is 16.6 Å². The van der Waals surface area contributed by atoms with Crippen LogP contribution < -0.4 is 4.72 Å². The lowest BCUT2D eigenvalue weighted by molar-refractivity contribution is 0.439. The minimum atomic E-state index is -3.37. The van der Waals surface area contributed by atoms with Crippen LogP contribution in [0.5, 0.6) is 0 Å². The van der Waals surface area contributed by atoms with Crippen LogP contribution in [0.2, 0.25) is 0 Å². The highest BCUT2D eigenvalue weighted by Crippen LogP contribution is 2.36. The van der Waals surface area contributed by atoms with Gasteiger partial charge in [-0.2, -0.15) is 17.4 Å². The maximum Gasteiger partial charge on any atom is 0.279 e. The van der Waals surface area contributed by atoms with Crippen molar-refractivity contribution in [3.8, 4) is 0 Å². The zero-order valence-electron chi connectivity index (χ0n) is 10.3. The summed E-state index contributed by atoms with van der Waals surface area (Å²) < 4.78 is 27.7. The van der Waals surface area contributed by atoms with Crippen molar-refractivity contribution in [3.63, 3.8) is 0 Å². The van der Waals surface area contributed by atoms with E-state index in [1.165, 1.54) is 24.0 Å². The van der Waals surface area contributed by atoms with E-state index in [2.05, 4.69) is 17.7 Å². The highest BCUT2D eigenvalue weighted by Gasteiger charge is 2.32. The van der Waals surface area contributed by atoms with Crippen molar-refractivity contribution in [1.82, 2.24) is 9.03 Å². The molecule has 1 aromatic carbocycles. The highest BCUT2D eigenvalue weighted by atomic mass is 32.2. The van der Waals surface area contributed by atoms with Crippen LogP contribution in [0.3, 0.4) is 0 Å². The number of nitrogens with one attached hydrogen (secondary N) is 1. The van der Waals surface area contributed by atoms with Crippen LogP contribution in [0, 0.1) is 5.92 Å². The molecule has 2 atom stereocenters. The average Bonchev–Trinajstić information content (AvgIpc) is 2.55. The van der Waals surface area contributed by atoms with Crippen molar-refractivity contribution in [3.05, 3.63) is 35.4 Å². The molecule has 1 N–H and O–H groups in total. The standard InChI is InChI=1S/C12H18N2O2S/c1-9-8-10-6-4-5-7-11(10)12(9)13-17(15,16)14(2)3/h4-7,9,12-13H,8H2,1-3H3. The summed E-state index contributed by atoms with van der Waals surface area (Å²) in [7, 11) is -0.303. The first-order valence-electron chi connectivity index (χ1n) is 5.69. The maximum absolute atomic E-state index is 11.9. The number of nitrogens with zero attached hydrogens (tertiary/aromatic N) is 1. The van der Waals surface area contributed by atoms with E-state index in [1.54, 1.807) is 0 Å². The van der Waals surface area contributed by atoms with Gasteiger partial charge >= 0.3 is 0 Å². The molecule has 2 rings (SSSR count). The lowest BCUT2D eigenvalue weighted by atomic mass is 10.0. The Morgan fingerprint density at radius 1 is 1.29 bits per heavy atom. The maximum atomic E-state index is 11.9. The van der Waals surface area contributed by atoms with Crippen molar-refractivity contribution < 1.29 is 8.42 Å². The molecule has 4 nitrogen and oxygen atoms in total. The van der Waals surface area contributed by atoms with Crippen molar-refractivity contribution in [2.45, 2.75) is 19.4 Å². The fraction of sp³-hybridized carbons (Fsp3) is 0.500. The summed E-state index contributed by atoms with van der Waals surface area (Å²) >= 11 is 0. The first-order valence-corrected chi connectivity index (χ1v) is 7.13. The van der Waals surface area contributed by atoms with Crippen molar-refractivity contribution in [2.24, 2.45) is 5.92 Å². The van der Waals surface area contributed by atoms with E-state index in [-0.39, 0.29) is 6.04 Å². The third-order valence-corrected chi connectivity index (χ3v) is 4.77. The smallest absolute Gasteiger partial charge is 0.195 e. The molecule has 5 heteroatoms. The van der Waals surface area contributed by atoms with Crippen LogP contribution >= 0.6 is 0 Å². The number of rotatable bonds is 3. The molecule has 0 saturated carbocycles. The minimum Gasteiger partial charge on any atom is -0.195 e. The zero-order valence-corrected chi connectivity index (χ0v) is 11.2. The highest BCUT2D eigenvalue weighted by molar-refractivity contribution is 7.87. The first-order chi connectivity index (χ1) is 7.92. The summed E-state index contributed by atoms with van der Waals surface area (Å²) in [6.07, 6.45) is 0.927. The number of benzene rings is 1. The number of hydrogen-bond acceptors (Lipinski definition) is 2. The molecule has 1 aliphatic rings. The molecule has 0 radical (unpaired) electrons. The second-order valence-electron chi connectivity index (χ2n) is 4.76. The predicted molar refractivity (Wildman–Crippen MR) is 67.8 cm³/mol. The van der Waals surface area contributed by atoms with Crippen molar-refractivity contribution in [2.75, 3.05) is 14.1 Å². The second kappa shape index (κ2) is 4.40. The van der Waals surface area contributed by atoms with Gasteiger partial charge in [-0.05, 0) is 23.5 Å². The van der Waals surface area contributed by atoms with Gasteiger partial charge in [0.1, 0.15) is 0 Å². The van der Waals surface area contributed by atoms with E-state index in [4.69, 9.17) is 0 Å². The Morgan fingerprint density at radius 2 is 1.94 bits per heavy atom. The van der Waals surface area contributed by atoms with Gasteiger partial charge in [0.2, 0.25) is 0 Å². The monoisotopic (exact) mass is 254 g/mol. The lowest BCUT2D eigenvalue weighted by Crippen LogP contribution is -2.39. The minimum absolute atomic E-state index is 0.112. The molecule has 0 aliphatic heterocycles. The van der Waals surface area contributed by atoms with Gasteiger partial charge < -0.3 is 0 Å². The third kappa shape index (κ3) is 2.36. The Labute approximate surface area is 103 Å². The molecule has 94 valence electrons. The number of fused-ring (bicyclic) bond motifs is 1. The Hall–Kier alpha value is -0.910. The van der Waals surface area contributed by atoms with E-state index >= 15 is 0 Å². The van der Waals surface area contributed by atoms with Crippen LogP contribution in [0.4, 0.5) is 0 Å². The van der Waals surface area contributed by atoms with Crippen LogP contribution in [0.1, 0.15) is 24.1 Å². The molecule has 17 heavy (non-hydrogen) atoms. The quantitative estimate of drug-likeness (QED) is 0.884. The molecule has 0 aromatic heterocycles. The Bertz CT molecular complexity index is 511. The topological polar surface area (TPSA) is 49.4 Å². The van der Waals surface area contributed by atoms with Gasteiger partial charge in [0.15, 0.2) is 0 Å². The van der Waals surface area contributed by atoms with E-state index in [0.717, 1.165) is 12.0 Å². The molecule has 0 spiro atoms. The number of hydrogen-bond donors (Lipinski definition) is 1. The summed E-state index contributed by atoms with van der Waals surface area (Å²) in [5.74, 6) is 0.294. The van der Waals surface area contributed by atoms with Gasteiger partial charge in [0, 0.05) is 14.1 Å². The predicted octanol–water partition coefficient (Wildman–Crippen LogP) is 1.32. The second-order valence-corrected chi connectivity index (χ2v) is 6.68. The van der Waals surface area contributed by atoms with Crippen molar-refractivity contribution in [1.29, 1.82) is 0 Å². The normalized spacial score (nSPS) is 24.0. The Kier molecular flexibility index (Phi) is 3.25. The van der Waals surface area contributed by atoms with Crippen LogP contribution in [0.15, 0.2) is 24.3 Å². The van der Waals surface area contributed by atoms with Crippen LogP contribution in [0.25, 0.3) is 0 Å². The molecule has 0 fully saturated rings. The molecule has 0 saturated heterocycles. The van der Waals surface area contributed by atoms with Gasteiger partial charge in [-0.1, -0.05) is 31.2 Å². The summed E-state index contributed by atoms with van der Waals surface area (Å²) in [6.45, 7) is 2.07. The Morgan fingerprint density at radius 3 is 2.59 bits per heavy atom. The van der Waals surface area contributed by atoms with E-state index in [1.807, 2.05) is 18.2 Å². The molecule has 2 unspecified atom stereocenters. The molecular weight excluding hydrogens is 236 g/mol. The van der Waals surface area contributed by atoms with Gasteiger partial charge in [0.05, 0.1) is 6.04 Å². The molecule has 0 amide bonds. The van der Waals surface area contributed by atoms with E-state index < -0.39 is 10.2 Å². The SMILES string of the molecule is CC1Cc2ccccc2C1NS(=O)(=O)N(C)C. The summed E-state index contributed by atoms with van der Waals surface area (Å²) in [4.78, 5) is 0. The fourth-order valence-electron chi connectivity index (χ4n) is 2.24. The van der Waals surface area contributed by atoms with Gasteiger partial charge in [-0.15, -0.1) is 0 Å². The van der Waals surface area contributed by atoms with E-state index in [0.29, 0.717) is 5.92 Å². The van der Waals surface area contributed by atoms with Crippen molar-refractivity contribution >= 4 is 10.2 Å². The van der Waals surface area contributed by atoms with Gasteiger partial charge in [-0.25, -0.2) is 0 Å². The first kappa shape index (κ1) is 12.5. The largest absolute Gasteiger partial charge is 0.279 e. The van der Waals surface area contributed by atoms with Gasteiger partial charge in [0.25, 0.3) is 10.2 Å². The van der Waals surface area contributed by atoms with Gasteiger partial charge in [-0.3, -0.25) is 0 Å². The third-order valence-electron chi connectivity index (χ3n) is 3.26. The van der Waals surface area contributed by atoms with E-state index in [9.17, 15) is 8.42 Å². The zero-order chi connectivity index (χ0) is 12.6. The molecule has 0 heterocycles. The summed E-state index contributed by atoms with van der Waals surface area (Å²) in [5, 5.41) is 0. The summed E-state index contributed by atoms with van der Waals surface area (Å²) in [5.41, 5.74) is 2.34. The lowest BCUT2D eigenvalue weighted by Gasteiger charge is -2.21. The fourth-order valence-corrected chi connectivity index (χ4v) is 3.13.